The zero-order chi connectivity index (χ0) is 19.1. The van der Waals surface area contributed by atoms with Crippen LogP contribution >= 0.6 is 0 Å². The molecule has 0 saturated heterocycles. The number of hydrogen-bond acceptors (Lipinski definition) is 8. The van der Waals surface area contributed by atoms with Gasteiger partial charge in [-0.1, -0.05) is 40.3 Å². The number of nitrogen functional groups attached to an aromatic ring is 1. The van der Waals surface area contributed by atoms with E-state index in [0.29, 0.717) is 0 Å². The smallest absolute Gasteiger partial charge is 0.412 e. The van der Waals surface area contributed by atoms with E-state index in [0.717, 1.165) is 0 Å². The van der Waals surface area contributed by atoms with Gasteiger partial charge in [-0.2, -0.15) is 9.97 Å². The third-order valence-corrected chi connectivity index (χ3v) is 1.90. The van der Waals surface area contributed by atoms with E-state index < -0.39 is 28.3 Å². The number of nitrogens with zero attached hydrogens (tertiary/aromatic N) is 3. The van der Waals surface area contributed by atoms with Crippen molar-refractivity contribution in [1.82, 2.24) is 9.97 Å². The number of nitrogens with two attached hydrogens (primary N) is 1. The Morgan fingerprint density at radius 2 is 1.96 bits per heavy atom. The number of hydrogen-bond donors (Lipinski definition) is 2. The molecule has 1 rings (SSSR count). The lowest BCUT2D eigenvalue weighted by atomic mass is 10.4. The molecule has 0 aromatic carbocycles. The highest BCUT2D eigenvalue weighted by Crippen LogP contribution is 2.29. The summed E-state index contributed by atoms with van der Waals surface area (Å²) in [7, 11) is 0. The van der Waals surface area contributed by atoms with Crippen molar-refractivity contribution in [3.63, 3.8) is 0 Å². The Morgan fingerprint density at radius 3 is 2.42 bits per heavy atom. The number of carbonyl (C=O) groups is 1. The monoisotopic (exact) mass is 343 g/mol. The number of carbonyl (C=O) groups excluding carboxylic acids is 1. The highest BCUT2D eigenvalue weighted by molar-refractivity contribution is 5.88. The van der Waals surface area contributed by atoms with Crippen LogP contribution in [-0.2, 0) is 4.74 Å². The summed E-state index contributed by atoms with van der Waals surface area (Å²) in [6.07, 6.45) is 0.530. The molecule has 1 aromatic heterocycles. The summed E-state index contributed by atoms with van der Waals surface area (Å²) in [4.78, 5) is 28.7. The molecule has 0 spiro atoms. The highest BCUT2D eigenvalue weighted by atomic mass is 16.6. The van der Waals surface area contributed by atoms with Gasteiger partial charge in [0.25, 0.3) is 0 Å². The van der Waals surface area contributed by atoms with Gasteiger partial charge in [-0.15, -0.1) is 0 Å². The van der Waals surface area contributed by atoms with Gasteiger partial charge in [0, 0.05) is 0 Å². The van der Waals surface area contributed by atoms with E-state index in [2.05, 4.69) is 26.6 Å². The van der Waals surface area contributed by atoms with Crippen LogP contribution in [-0.4, -0.2) is 34.2 Å². The maximum absolute atomic E-state index is 11.3. The minimum Gasteiger partial charge on any atom is -0.459 e. The predicted octanol–water partition coefficient (Wildman–Crippen LogP) is 3.15. The molecule has 24 heavy (non-hydrogen) atoms. The Bertz CT molecular complexity index is 537. The molecule has 10 heteroatoms. The first-order valence-corrected chi connectivity index (χ1v) is 7.49. The topological polar surface area (TPSA) is 142 Å². The molecule has 0 aliphatic carbocycles. The molecular weight excluding hydrogens is 318 g/mol. The van der Waals surface area contributed by atoms with Gasteiger partial charge in [-0.05, 0) is 6.92 Å². The number of aromatic nitrogens is 2. The lowest BCUT2D eigenvalue weighted by Gasteiger charge is -2.08. The van der Waals surface area contributed by atoms with Crippen molar-refractivity contribution in [2.45, 2.75) is 34.6 Å². The summed E-state index contributed by atoms with van der Waals surface area (Å²) in [5, 5.41) is 13.0. The standard InChI is InChI=1S/C10H13N5O5.2C2H6/c1-3-5-20-9-12-7(11)6(15(17)18)8(13-9)14-10(16)19-4-2;2*1-2/h3H,1,4-5H2,2H3,(H3,11,12,13,14,16);2*1-2H3. The van der Waals surface area contributed by atoms with Gasteiger partial charge in [-0.3, -0.25) is 15.4 Å². The Balaban J connectivity index is 0. The van der Waals surface area contributed by atoms with E-state index in [9.17, 15) is 14.9 Å². The van der Waals surface area contributed by atoms with E-state index in [1.54, 1.807) is 6.92 Å². The fourth-order valence-corrected chi connectivity index (χ4v) is 1.18. The van der Waals surface area contributed by atoms with Crippen molar-refractivity contribution in [2.24, 2.45) is 0 Å². The van der Waals surface area contributed by atoms with Crippen LogP contribution in [0.5, 0.6) is 6.01 Å². The number of ether oxygens (including phenoxy) is 2. The van der Waals surface area contributed by atoms with Crippen molar-refractivity contribution in [3.05, 3.63) is 22.8 Å². The summed E-state index contributed by atoms with van der Waals surface area (Å²) in [5.41, 5.74) is 4.82. The van der Waals surface area contributed by atoms with Crippen LogP contribution in [0.15, 0.2) is 12.7 Å². The molecule has 0 aliphatic heterocycles. The first-order chi connectivity index (χ1) is 11.5. The number of nitro groups is 1. The predicted molar refractivity (Wildman–Crippen MR) is 92.1 cm³/mol. The number of nitrogens with one attached hydrogen (secondary N) is 1. The summed E-state index contributed by atoms with van der Waals surface area (Å²) < 4.78 is 9.63. The summed E-state index contributed by atoms with van der Waals surface area (Å²) >= 11 is 0. The average molecular weight is 343 g/mol. The molecule has 1 heterocycles. The van der Waals surface area contributed by atoms with E-state index in [4.69, 9.17) is 10.5 Å². The van der Waals surface area contributed by atoms with Crippen molar-refractivity contribution in [1.29, 1.82) is 0 Å². The van der Waals surface area contributed by atoms with Gasteiger partial charge in [0.05, 0.1) is 11.5 Å². The minimum atomic E-state index is -0.900. The lowest BCUT2D eigenvalue weighted by Crippen LogP contribution is -2.17. The molecule has 0 bridgehead atoms. The van der Waals surface area contributed by atoms with Gasteiger partial charge in [0.15, 0.2) is 0 Å². The maximum atomic E-state index is 11.3. The molecule has 136 valence electrons. The van der Waals surface area contributed by atoms with Gasteiger partial charge in [0.2, 0.25) is 11.6 Å². The third kappa shape index (κ3) is 7.92. The van der Waals surface area contributed by atoms with E-state index in [1.807, 2.05) is 27.7 Å². The quantitative estimate of drug-likeness (QED) is 0.455. The van der Waals surface area contributed by atoms with Crippen LogP contribution in [0.1, 0.15) is 34.6 Å². The van der Waals surface area contributed by atoms with Crippen molar-refractivity contribution < 1.29 is 19.2 Å². The van der Waals surface area contributed by atoms with E-state index in [-0.39, 0.29) is 19.2 Å². The van der Waals surface area contributed by atoms with Gasteiger partial charge in [-0.25, -0.2) is 4.79 Å². The fourth-order valence-electron chi connectivity index (χ4n) is 1.18. The highest BCUT2D eigenvalue weighted by Gasteiger charge is 2.25. The molecule has 10 nitrogen and oxygen atoms in total. The zero-order valence-electron chi connectivity index (χ0n) is 14.7. The van der Waals surface area contributed by atoms with Crippen molar-refractivity contribution in [2.75, 3.05) is 24.3 Å². The van der Waals surface area contributed by atoms with Gasteiger partial charge < -0.3 is 15.2 Å². The molecule has 1 amide bonds. The molecule has 0 saturated carbocycles. The number of rotatable bonds is 6. The second-order valence-corrected chi connectivity index (χ2v) is 3.29. The normalized spacial score (nSPS) is 8.54. The molecule has 0 atom stereocenters. The third-order valence-electron chi connectivity index (χ3n) is 1.90. The number of amides is 1. The van der Waals surface area contributed by atoms with Crippen LogP contribution in [0.3, 0.4) is 0 Å². The van der Waals surface area contributed by atoms with Crippen LogP contribution in [0.4, 0.5) is 22.1 Å². The first kappa shape index (κ1) is 23.4. The van der Waals surface area contributed by atoms with E-state index in [1.165, 1.54) is 6.08 Å². The molecule has 1 aromatic rings. The number of anilines is 2. The minimum absolute atomic E-state index is 0.0795. The molecule has 3 N–H and O–H groups in total. The molecule has 0 aliphatic rings. The zero-order valence-corrected chi connectivity index (χ0v) is 14.7. The lowest BCUT2D eigenvalue weighted by molar-refractivity contribution is -0.383. The Kier molecular flexibility index (Phi) is 13.4. The Hall–Kier alpha value is -2.91. The SMILES string of the molecule is C=CCOc1nc(N)c([N+](=O)[O-])c(NC(=O)OCC)n1.CC.CC. The largest absolute Gasteiger partial charge is 0.459 e. The second-order valence-electron chi connectivity index (χ2n) is 3.29. The van der Waals surface area contributed by atoms with Crippen molar-refractivity contribution in [3.8, 4) is 6.01 Å². The van der Waals surface area contributed by atoms with E-state index >= 15 is 0 Å². The second kappa shape index (κ2) is 13.7. The summed E-state index contributed by atoms with van der Waals surface area (Å²) in [6.45, 7) is 13.2. The summed E-state index contributed by atoms with van der Waals surface area (Å²) in [5.74, 6) is -0.837. The first-order valence-electron chi connectivity index (χ1n) is 7.49. The summed E-state index contributed by atoms with van der Waals surface area (Å²) in [6, 6.07) is -0.222. The molecule has 0 unspecified atom stereocenters. The van der Waals surface area contributed by atoms with Crippen LogP contribution < -0.4 is 15.8 Å². The molecular formula is C14H25N5O5. The van der Waals surface area contributed by atoms with Gasteiger partial charge in [0.1, 0.15) is 6.61 Å². The average Bonchev–Trinajstić information content (AvgIpc) is 2.56. The van der Waals surface area contributed by atoms with Crippen LogP contribution in [0.2, 0.25) is 0 Å². The maximum Gasteiger partial charge on any atom is 0.412 e. The Morgan fingerprint density at radius 1 is 1.38 bits per heavy atom. The van der Waals surface area contributed by atoms with Gasteiger partial charge >= 0.3 is 17.8 Å². The van der Waals surface area contributed by atoms with Crippen LogP contribution in [0, 0.1) is 10.1 Å². The Labute approximate surface area is 141 Å². The molecule has 0 radical (unpaired) electrons. The fraction of sp³-hybridized carbons (Fsp3) is 0.500. The molecule has 0 fully saturated rings. The van der Waals surface area contributed by atoms with Crippen molar-refractivity contribution >= 4 is 23.4 Å². The van der Waals surface area contributed by atoms with Crippen LogP contribution in [0.25, 0.3) is 0 Å².